The van der Waals surface area contributed by atoms with Crippen LogP contribution in [-0.2, 0) is 4.79 Å². The van der Waals surface area contributed by atoms with E-state index < -0.39 is 0 Å². The minimum atomic E-state index is 0. The highest BCUT2D eigenvalue weighted by atomic mass is 127. The number of nitrogens with one attached hydrogen (secondary N) is 2. The van der Waals surface area contributed by atoms with Crippen LogP contribution in [0.15, 0.2) is 34.2 Å². The van der Waals surface area contributed by atoms with Gasteiger partial charge in [0.25, 0.3) is 0 Å². The summed E-state index contributed by atoms with van der Waals surface area (Å²) in [5, 5.41) is 6.96. The average Bonchev–Trinajstić information content (AvgIpc) is 3.47. The highest BCUT2D eigenvalue weighted by Gasteiger charge is 2.32. The quantitative estimate of drug-likeness (QED) is 0.218. The van der Waals surface area contributed by atoms with Gasteiger partial charge < -0.3 is 20.3 Å². The SMILES string of the molecule is CN=C(NCC(C)CSc1ccccc1OC)NC1CCN(C(=O)C2CCCC2)C1.I. The van der Waals surface area contributed by atoms with E-state index in [9.17, 15) is 4.79 Å². The topological polar surface area (TPSA) is 66.0 Å². The molecule has 1 saturated carbocycles. The van der Waals surface area contributed by atoms with Crippen molar-refractivity contribution in [2.45, 2.75) is 50.0 Å². The van der Waals surface area contributed by atoms with Crippen LogP contribution in [-0.4, -0.2) is 62.4 Å². The van der Waals surface area contributed by atoms with Gasteiger partial charge in [0.05, 0.1) is 7.11 Å². The van der Waals surface area contributed by atoms with E-state index in [1.165, 1.54) is 17.7 Å². The van der Waals surface area contributed by atoms with Crippen molar-refractivity contribution >= 4 is 47.6 Å². The molecule has 3 rings (SSSR count). The van der Waals surface area contributed by atoms with Crippen molar-refractivity contribution in [2.24, 2.45) is 16.8 Å². The second kappa shape index (κ2) is 13.4. The lowest BCUT2D eigenvalue weighted by molar-refractivity contribution is -0.134. The molecular weight excluding hydrogens is 523 g/mol. The largest absolute Gasteiger partial charge is 0.496 e. The molecule has 1 aromatic rings. The Hall–Kier alpha value is -1.16. The van der Waals surface area contributed by atoms with Crippen molar-refractivity contribution in [3.8, 4) is 5.75 Å². The summed E-state index contributed by atoms with van der Waals surface area (Å²) < 4.78 is 5.43. The van der Waals surface area contributed by atoms with Crippen LogP contribution < -0.4 is 15.4 Å². The molecule has 1 aromatic carbocycles. The number of hydrogen-bond donors (Lipinski definition) is 2. The molecule has 0 spiro atoms. The minimum absolute atomic E-state index is 0. The Morgan fingerprint density at radius 1 is 1.29 bits per heavy atom. The third-order valence-electron chi connectivity index (χ3n) is 5.98. The van der Waals surface area contributed by atoms with Gasteiger partial charge >= 0.3 is 0 Å². The Morgan fingerprint density at radius 2 is 2.03 bits per heavy atom. The van der Waals surface area contributed by atoms with Crippen LogP contribution >= 0.6 is 35.7 Å². The third-order valence-corrected chi connectivity index (χ3v) is 7.36. The number of para-hydroxylation sites is 1. The van der Waals surface area contributed by atoms with E-state index >= 15 is 0 Å². The van der Waals surface area contributed by atoms with Crippen LogP contribution in [0.25, 0.3) is 0 Å². The number of aliphatic imine (C=N–C) groups is 1. The molecule has 174 valence electrons. The zero-order valence-electron chi connectivity index (χ0n) is 18.9. The maximum absolute atomic E-state index is 12.6. The predicted octanol–water partition coefficient (Wildman–Crippen LogP) is 4.00. The van der Waals surface area contributed by atoms with Crippen molar-refractivity contribution < 1.29 is 9.53 Å². The summed E-state index contributed by atoms with van der Waals surface area (Å²) in [6.45, 7) is 4.73. The number of halogens is 1. The highest BCUT2D eigenvalue weighted by molar-refractivity contribution is 14.0. The maximum atomic E-state index is 12.6. The number of rotatable bonds is 8. The summed E-state index contributed by atoms with van der Waals surface area (Å²) in [4.78, 5) is 20.2. The molecule has 31 heavy (non-hydrogen) atoms. The molecule has 1 aliphatic heterocycles. The molecule has 2 N–H and O–H groups in total. The molecule has 2 aliphatic rings. The fourth-order valence-electron chi connectivity index (χ4n) is 4.20. The van der Waals surface area contributed by atoms with Gasteiger partial charge in [-0.15, -0.1) is 35.7 Å². The molecule has 1 amide bonds. The number of hydrogen-bond acceptors (Lipinski definition) is 4. The summed E-state index contributed by atoms with van der Waals surface area (Å²) >= 11 is 1.82. The van der Waals surface area contributed by atoms with Gasteiger partial charge in [-0.05, 0) is 37.3 Å². The van der Waals surface area contributed by atoms with Gasteiger partial charge in [-0.3, -0.25) is 9.79 Å². The lowest BCUT2D eigenvalue weighted by Crippen LogP contribution is -2.46. The first-order valence-corrected chi connectivity index (χ1v) is 12.1. The Labute approximate surface area is 208 Å². The molecule has 0 radical (unpaired) electrons. The zero-order valence-corrected chi connectivity index (χ0v) is 22.1. The first-order chi connectivity index (χ1) is 14.6. The van der Waals surface area contributed by atoms with Gasteiger partial charge in [0, 0.05) is 49.3 Å². The number of nitrogens with zero attached hydrogens (tertiary/aromatic N) is 2. The Balaban J connectivity index is 0.00000341. The normalized spacial score (nSPS) is 20.3. The van der Waals surface area contributed by atoms with E-state index in [1.54, 1.807) is 14.2 Å². The lowest BCUT2D eigenvalue weighted by atomic mass is 10.1. The summed E-state index contributed by atoms with van der Waals surface area (Å²) in [5.41, 5.74) is 0. The maximum Gasteiger partial charge on any atom is 0.225 e. The van der Waals surface area contributed by atoms with Crippen molar-refractivity contribution in [3.05, 3.63) is 24.3 Å². The van der Waals surface area contributed by atoms with Crippen LogP contribution in [0.5, 0.6) is 5.75 Å². The first kappa shape index (κ1) is 26.1. The average molecular weight is 561 g/mol. The highest BCUT2D eigenvalue weighted by Crippen LogP contribution is 2.30. The van der Waals surface area contributed by atoms with Gasteiger partial charge in [0.2, 0.25) is 5.91 Å². The van der Waals surface area contributed by atoms with Crippen molar-refractivity contribution in [1.82, 2.24) is 15.5 Å². The number of carbonyl (C=O) groups is 1. The fourth-order valence-corrected chi connectivity index (χ4v) is 5.25. The minimum Gasteiger partial charge on any atom is -0.496 e. The van der Waals surface area contributed by atoms with Crippen molar-refractivity contribution in [3.63, 3.8) is 0 Å². The number of thioether (sulfide) groups is 1. The van der Waals surface area contributed by atoms with E-state index in [-0.39, 0.29) is 35.9 Å². The molecule has 2 unspecified atom stereocenters. The molecule has 2 atom stereocenters. The standard InChI is InChI=1S/C23H36N4O2S.HI/c1-17(16-30-21-11-7-6-10-20(21)29-3)14-25-23(24-2)26-19-12-13-27(15-19)22(28)18-8-4-5-9-18;/h6-7,10-11,17-19H,4-5,8-9,12-16H2,1-3H3,(H2,24,25,26);1H. The van der Waals surface area contributed by atoms with Crippen molar-refractivity contribution in [2.75, 3.05) is 39.5 Å². The molecular formula is C23H37IN4O2S. The van der Waals surface area contributed by atoms with E-state index in [0.29, 0.717) is 11.8 Å². The molecule has 0 bridgehead atoms. The zero-order chi connectivity index (χ0) is 21.3. The second-order valence-electron chi connectivity index (χ2n) is 8.42. The van der Waals surface area contributed by atoms with Gasteiger partial charge in [0.1, 0.15) is 5.75 Å². The molecule has 0 aromatic heterocycles. The molecule has 1 saturated heterocycles. The number of carbonyl (C=O) groups excluding carboxylic acids is 1. The van der Waals surface area contributed by atoms with E-state index in [1.807, 2.05) is 34.9 Å². The Morgan fingerprint density at radius 3 is 2.74 bits per heavy atom. The molecule has 1 heterocycles. The van der Waals surface area contributed by atoms with Gasteiger partial charge in [-0.2, -0.15) is 0 Å². The first-order valence-electron chi connectivity index (χ1n) is 11.1. The van der Waals surface area contributed by atoms with E-state index in [2.05, 4.69) is 28.6 Å². The number of ether oxygens (including phenoxy) is 1. The molecule has 2 fully saturated rings. The van der Waals surface area contributed by atoms with Crippen LogP contribution in [0.1, 0.15) is 39.0 Å². The predicted molar refractivity (Wildman–Crippen MR) is 140 cm³/mol. The monoisotopic (exact) mass is 560 g/mol. The summed E-state index contributed by atoms with van der Waals surface area (Å²) in [6, 6.07) is 8.42. The van der Waals surface area contributed by atoms with Crippen LogP contribution in [0.2, 0.25) is 0 Å². The second-order valence-corrected chi connectivity index (χ2v) is 9.48. The number of guanidine groups is 1. The molecule has 8 heteroatoms. The molecule has 6 nitrogen and oxygen atoms in total. The third kappa shape index (κ3) is 7.73. The van der Waals surface area contributed by atoms with Crippen LogP contribution in [0, 0.1) is 11.8 Å². The number of likely N-dealkylation sites (tertiary alicyclic amines) is 1. The van der Waals surface area contributed by atoms with Gasteiger partial charge in [0.15, 0.2) is 5.96 Å². The van der Waals surface area contributed by atoms with Crippen molar-refractivity contribution in [1.29, 1.82) is 0 Å². The Bertz CT molecular complexity index is 727. The van der Waals surface area contributed by atoms with Crippen LogP contribution in [0.3, 0.4) is 0 Å². The summed E-state index contributed by atoms with van der Waals surface area (Å²) in [7, 11) is 3.52. The summed E-state index contributed by atoms with van der Waals surface area (Å²) in [6.07, 6.45) is 5.53. The van der Waals surface area contributed by atoms with Gasteiger partial charge in [-0.25, -0.2) is 0 Å². The fraction of sp³-hybridized carbons (Fsp3) is 0.652. The number of amides is 1. The number of methoxy groups -OCH3 is 1. The van der Waals surface area contributed by atoms with E-state index in [4.69, 9.17) is 4.74 Å². The number of benzene rings is 1. The Kier molecular flexibility index (Phi) is 11.3. The van der Waals surface area contributed by atoms with E-state index in [0.717, 1.165) is 56.4 Å². The molecule has 1 aliphatic carbocycles. The van der Waals surface area contributed by atoms with Crippen LogP contribution in [0.4, 0.5) is 0 Å². The lowest BCUT2D eigenvalue weighted by Gasteiger charge is -2.22. The smallest absolute Gasteiger partial charge is 0.225 e. The van der Waals surface area contributed by atoms with Gasteiger partial charge in [-0.1, -0.05) is 31.9 Å². The summed E-state index contributed by atoms with van der Waals surface area (Å²) in [5.74, 6) is 3.85.